The summed E-state index contributed by atoms with van der Waals surface area (Å²) in [6.07, 6.45) is 1.72. The van der Waals surface area contributed by atoms with Crippen molar-refractivity contribution >= 4 is 12.4 Å². The zero-order valence-electron chi connectivity index (χ0n) is 8.49. The van der Waals surface area contributed by atoms with Crippen LogP contribution in [-0.4, -0.2) is 41.3 Å². The number of nitrogens with zero attached hydrogens (tertiary/aromatic N) is 1. The monoisotopic (exact) mass is 208 g/mol. The second-order valence-electron chi connectivity index (χ2n) is 4.50. The Balaban J connectivity index is 0.00000144. The van der Waals surface area contributed by atoms with E-state index in [1.54, 1.807) is 0 Å². The summed E-state index contributed by atoms with van der Waals surface area (Å²) in [5.74, 6) is 0. The van der Waals surface area contributed by atoms with Crippen LogP contribution in [0.5, 0.6) is 0 Å². The van der Waals surface area contributed by atoms with Gasteiger partial charge in [-0.1, -0.05) is 0 Å². The predicted octanol–water partition coefficient (Wildman–Crippen LogP) is 0.602. The van der Waals surface area contributed by atoms with Gasteiger partial charge in [0.2, 0.25) is 0 Å². The standard InChI is InChI=1S/C9H20N2O.ClH/c1-9(2,10)7-11-5-3-8(12)4-6-11;/h8,12H,3-7,10H2,1-2H3;1H. The highest BCUT2D eigenvalue weighted by Gasteiger charge is 2.21. The lowest BCUT2D eigenvalue weighted by molar-refractivity contribution is 0.0741. The van der Waals surface area contributed by atoms with Gasteiger partial charge in [0.15, 0.2) is 0 Å². The van der Waals surface area contributed by atoms with Crippen molar-refractivity contribution in [3.05, 3.63) is 0 Å². The number of likely N-dealkylation sites (tertiary alicyclic amines) is 1. The van der Waals surface area contributed by atoms with Crippen molar-refractivity contribution in [2.75, 3.05) is 19.6 Å². The van der Waals surface area contributed by atoms with Crippen LogP contribution in [0, 0.1) is 0 Å². The molecule has 0 atom stereocenters. The molecule has 3 N–H and O–H groups in total. The molecule has 0 radical (unpaired) electrons. The Morgan fingerprint density at radius 1 is 1.38 bits per heavy atom. The quantitative estimate of drug-likeness (QED) is 0.699. The maximum Gasteiger partial charge on any atom is 0.0564 e. The fourth-order valence-corrected chi connectivity index (χ4v) is 1.65. The second-order valence-corrected chi connectivity index (χ2v) is 4.50. The number of hydrogen-bond donors (Lipinski definition) is 2. The number of rotatable bonds is 2. The van der Waals surface area contributed by atoms with Gasteiger partial charge in [-0.25, -0.2) is 0 Å². The Kier molecular flexibility index (Phi) is 5.22. The fourth-order valence-electron chi connectivity index (χ4n) is 1.65. The first-order chi connectivity index (χ1) is 5.47. The van der Waals surface area contributed by atoms with Crippen LogP contribution in [-0.2, 0) is 0 Å². The molecule has 4 heteroatoms. The van der Waals surface area contributed by atoms with Gasteiger partial charge in [0, 0.05) is 25.2 Å². The number of piperidine rings is 1. The van der Waals surface area contributed by atoms with Gasteiger partial charge in [0.25, 0.3) is 0 Å². The van der Waals surface area contributed by atoms with Gasteiger partial charge < -0.3 is 15.7 Å². The molecule has 0 aromatic rings. The zero-order chi connectivity index (χ0) is 9.19. The van der Waals surface area contributed by atoms with E-state index in [0.717, 1.165) is 32.5 Å². The molecule has 1 fully saturated rings. The Morgan fingerprint density at radius 3 is 2.23 bits per heavy atom. The highest BCUT2D eigenvalue weighted by Crippen LogP contribution is 2.12. The van der Waals surface area contributed by atoms with Crippen LogP contribution in [0.2, 0.25) is 0 Å². The van der Waals surface area contributed by atoms with Crippen LogP contribution in [0.15, 0.2) is 0 Å². The van der Waals surface area contributed by atoms with E-state index >= 15 is 0 Å². The number of aliphatic hydroxyl groups is 1. The maximum absolute atomic E-state index is 9.27. The molecule has 1 aliphatic heterocycles. The lowest BCUT2D eigenvalue weighted by Crippen LogP contribution is -2.48. The largest absolute Gasteiger partial charge is 0.393 e. The number of aliphatic hydroxyl groups excluding tert-OH is 1. The van der Waals surface area contributed by atoms with Crippen molar-refractivity contribution in [2.45, 2.75) is 38.3 Å². The van der Waals surface area contributed by atoms with E-state index in [-0.39, 0.29) is 24.0 Å². The SMILES string of the molecule is CC(C)(N)CN1CCC(O)CC1.Cl. The summed E-state index contributed by atoms with van der Waals surface area (Å²) < 4.78 is 0. The highest BCUT2D eigenvalue weighted by atomic mass is 35.5. The molecule has 13 heavy (non-hydrogen) atoms. The van der Waals surface area contributed by atoms with Crippen molar-refractivity contribution < 1.29 is 5.11 Å². The summed E-state index contributed by atoms with van der Waals surface area (Å²) in [5, 5.41) is 9.27. The molecule has 0 aliphatic carbocycles. The zero-order valence-corrected chi connectivity index (χ0v) is 9.31. The fraction of sp³-hybridized carbons (Fsp3) is 1.00. The lowest BCUT2D eigenvalue weighted by atomic mass is 10.0. The van der Waals surface area contributed by atoms with Crippen LogP contribution in [0.1, 0.15) is 26.7 Å². The molecule has 1 saturated heterocycles. The summed E-state index contributed by atoms with van der Waals surface area (Å²) >= 11 is 0. The first-order valence-corrected chi connectivity index (χ1v) is 4.67. The minimum Gasteiger partial charge on any atom is -0.393 e. The summed E-state index contributed by atoms with van der Waals surface area (Å²) in [4.78, 5) is 2.33. The van der Waals surface area contributed by atoms with Gasteiger partial charge in [-0.3, -0.25) is 0 Å². The predicted molar refractivity (Wildman–Crippen MR) is 57.2 cm³/mol. The van der Waals surface area contributed by atoms with E-state index in [4.69, 9.17) is 5.73 Å². The molecular weight excluding hydrogens is 188 g/mol. The van der Waals surface area contributed by atoms with Gasteiger partial charge >= 0.3 is 0 Å². The van der Waals surface area contributed by atoms with Crippen molar-refractivity contribution in [1.29, 1.82) is 0 Å². The van der Waals surface area contributed by atoms with Crippen molar-refractivity contribution in [3.8, 4) is 0 Å². The second kappa shape index (κ2) is 5.15. The summed E-state index contributed by atoms with van der Waals surface area (Å²) in [6.45, 7) is 6.99. The average molecular weight is 209 g/mol. The smallest absolute Gasteiger partial charge is 0.0564 e. The molecule has 0 aromatic carbocycles. The normalized spacial score (nSPS) is 21.2. The summed E-state index contributed by atoms with van der Waals surface area (Å²) in [6, 6.07) is 0. The van der Waals surface area contributed by atoms with Gasteiger partial charge in [-0.05, 0) is 26.7 Å². The minimum atomic E-state index is -0.109. The molecule has 0 amide bonds. The molecule has 0 saturated carbocycles. The first-order valence-electron chi connectivity index (χ1n) is 4.67. The van der Waals surface area contributed by atoms with Gasteiger partial charge in [-0.2, -0.15) is 0 Å². The van der Waals surface area contributed by atoms with Gasteiger partial charge in [-0.15, -0.1) is 12.4 Å². The summed E-state index contributed by atoms with van der Waals surface area (Å²) in [5.41, 5.74) is 5.79. The number of halogens is 1. The molecule has 3 nitrogen and oxygen atoms in total. The molecule has 1 heterocycles. The molecule has 0 aromatic heterocycles. The van der Waals surface area contributed by atoms with E-state index in [9.17, 15) is 5.11 Å². The van der Waals surface area contributed by atoms with Crippen LogP contribution < -0.4 is 5.73 Å². The third-order valence-electron chi connectivity index (χ3n) is 2.19. The van der Waals surface area contributed by atoms with Gasteiger partial charge in [0.1, 0.15) is 0 Å². The Morgan fingerprint density at radius 2 is 1.85 bits per heavy atom. The van der Waals surface area contributed by atoms with Crippen LogP contribution in [0.4, 0.5) is 0 Å². The topological polar surface area (TPSA) is 49.5 Å². The van der Waals surface area contributed by atoms with E-state index in [1.807, 2.05) is 13.8 Å². The third kappa shape index (κ3) is 5.47. The molecule has 80 valence electrons. The van der Waals surface area contributed by atoms with Crippen molar-refractivity contribution in [1.82, 2.24) is 4.90 Å². The Labute approximate surface area is 86.7 Å². The van der Waals surface area contributed by atoms with E-state index in [0.29, 0.717) is 0 Å². The first kappa shape index (κ1) is 13.2. The number of nitrogens with two attached hydrogens (primary N) is 1. The third-order valence-corrected chi connectivity index (χ3v) is 2.19. The average Bonchev–Trinajstić information content (AvgIpc) is 1.91. The Hall–Kier alpha value is 0.170. The van der Waals surface area contributed by atoms with Gasteiger partial charge in [0.05, 0.1) is 6.10 Å². The number of hydrogen-bond acceptors (Lipinski definition) is 3. The molecule has 1 aliphatic rings. The molecule has 0 bridgehead atoms. The van der Waals surface area contributed by atoms with E-state index in [2.05, 4.69) is 4.90 Å². The van der Waals surface area contributed by atoms with E-state index < -0.39 is 0 Å². The molecule has 0 unspecified atom stereocenters. The summed E-state index contributed by atoms with van der Waals surface area (Å²) in [7, 11) is 0. The van der Waals surface area contributed by atoms with Crippen LogP contribution in [0.3, 0.4) is 0 Å². The van der Waals surface area contributed by atoms with E-state index in [1.165, 1.54) is 0 Å². The van der Waals surface area contributed by atoms with Crippen LogP contribution in [0.25, 0.3) is 0 Å². The molecule has 0 spiro atoms. The lowest BCUT2D eigenvalue weighted by Gasteiger charge is -2.34. The van der Waals surface area contributed by atoms with Crippen LogP contribution >= 0.6 is 12.4 Å². The van der Waals surface area contributed by atoms with Crippen molar-refractivity contribution in [2.24, 2.45) is 5.73 Å². The van der Waals surface area contributed by atoms with Crippen molar-refractivity contribution in [3.63, 3.8) is 0 Å². The minimum absolute atomic E-state index is 0. The Bertz CT molecular complexity index is 139. The molecular formula is C9H21ClN2O. The highest BCUT2D eigenvalue weighted by molar-refractivity contribution is 5.85. The molecule has 1 rings (SSSR count). The maximum atomic E-state index is 9.27.